The second-order valence-electron chi connectivity index (χ2n) is 5.23. The Kier molecular flexibility index (Phi) is 4.29. The number of fused-ring (bicyclic) bond motifs is 1. The van der Waals surface area contributed by atoms with Gasteiger partial charge in [0.1, 0.15) is 11.6 Å². The molecule has 5 heteroatoms. The van der Waals surface area contributed by atoms with Crippen LogP contribution < -0.4 is 10.1 Å². The molecule has 0 aliphatic carbocycles. The molecule has 3 nitrogen and oxygen atoms in total. The third kappa shape index (κ3) is 3.39. The minimum absolute atomic E-state index is 0.144. The van der Waals surface area contributed by atoms with Crippen molar-refractivity contribution in [3.63, 3.8) is 0 Å². The first-order chi connectivity index (χ1) is 10.6. The minimum atomic E-state index is -0.512. The van der Waals surface area contributed by atoms with Crippen molar-refractivity contribution in [3.8, 4) is 5.75 Å². The number of carbonyl (C=O) groups excluding carboxylic acids is 1. The van der Waals surface area contributed by atoms with Gasteiger partial charge in [-0.1, -0.05) is 23.7 Å². The van der Waals surface area contributed by atoms with Crippen LogP contribution in [-0.2, 0) is 17.6 Å². The Hall–Kier alpha value is -2.07. The average molecular weight is 320 g/mol. The van der Waals surface area contributed by atoms with Crippen molar-refractivity contribution in [1.29, 1.82) is 0 Å². The molecule has 0 saturated carbocycles. The Morgan fingerprint density at radius 3 is 2.82 bits per heavy atom. The van der Waals surface area contributed by atoms with Crippen LogP contribution in [0.3, 0.4) is 0 Å². The van der Waals surface area contributed by atoms with E-state index < -0.39 is 6.10 Å². The zero-order chi connectivity index (χ0) is 15.5. The van der Waals surface area contributed by atoms with Crippen molar-refractivity contribution in [1.82, 2.24) is 5.32 Å². The molecular weight excluding hydrogens is 305 g/mol. The highest BCUT2D eigenvalue weighted by Crippen LogP contribution is 2.31. The van der Waals surface area contributed by atoms with Gasteiger partial charge < -0.3 is 10.1 Å². The van der Waals surface area contributed by atoms with Gasteiger partial charge in [-0.25, -0.2) is 4.39 Å². The lowest BCUT2D eigenvalue weighted by molar-refractivity contribution is -0.127. The molecular formula is C17H15ClFNO2. The molecule has 22 heavy (non-hydrogen) atoms. The minimum Gasteiger partial charge on any atom is -0.480 e. The van der Waals surface area contributed by atoms with Crippen LogP contribution in [-0.4, -0.2) is 18.6 Å². The highest BCUT2D eigenvalue weighted by molar-refractivity contribution is 6.30. The van der Waals surface area contributed by atoms with Gasteiger partial charge in [0.15, 0.2) is 6.10 Å². The van der Waals surface area contributed by atoms with Crippen LogP contribution in [0.25, 0.3) is 0 Å². The predicted octanol–water partition coefficient (Wildman–Crippen LogP) is 3.14. The topological polar surface area (TPSA) is 38.3 Å². The van der Waals surface area contributed by atoms with Gasteiger partial charge in [-0.3, -0.25) is 4.79 Å². The number of nitrogens with one attached hydrogen (secondary N) is 1. The van der Waals surface area contributed by atoms with E-state index in [-0.39, 0.29) is 11.7 Å². The zero-order valence-electron chi connectivity index (χ0n) is 11.8. The summed E-state index contributed by atoms with van der Waals surface area (Å²) in [5, 5.41) is 3.49. The van der Waals surface area contributed by atoms with Crippen LogP contribution in [0.4, 0.5) is 4.39 Å². The number of carbonyl (C=O) groups is 1. The molecule has 0 fully saturated rings. The first-order valence-electron chi connectivity index (χ1n) is 7.09. The van der Waals surface area contributed by atoms with Crippen molar-refractivity contribution in [2.75, 3.05) is 6.54 Å². The number of rotatable bonds is 4. The highest BCUT2D eigenvalue weighted by atomic mass is 35.5. The smallest absolute Gasteiger partial charge is 0.261 e. The van der Waals surface area contributed by atoms with Gasteiger partial charge in [0.2, 0.25) is 0 Å². The summed E-state index contributed by atoms with van der Waals surface area (Å²) in [5.41, 5.74) is 1.93. The van der Waals surface area contributed by atoms with E-state index in [4.69, 9.17) is 16.3 Å². The first-order valence-corrected chi connectivity index (χ1v) is 7.47. The fourth-order valence-electron chi connectivity index (χ4n) is 2.46. The average Bonchev–Trinajstić information content (AvgIpc) is 2.92. The van der Waals surface area contributed by atoms with Crippen molar-refractivity contribution < 1.29 is 13.9 Å². The summed E-state index contributed by atoms with van der Waals surface area (Å²) < 4.78 is 18.4. The van der Waals surface area contributed by atoms with E-state index in [0.29, 0.717) is 30.2 Å². The van der Waals surface area contributed by atoms with Crippen LogP contribution in [0.5, 0.6) is 5.75 Å². The van der Waals surface area contributed by atoms with Gasteiger partial charge >= 0.3 is 0 Å². The fourth-order valence-corrected chi connectivity index (χ4v) is 2.65. The first kappa shape index (κ1) is 14.9. The highest BCUT2D eigenvalue weighted by Gasteiger charge is 2.28. The molecule has 3 rings (SSSR count). The summed E-state index contributed by atoms with van der Waals surface area (Å²) in [7, 11) is 0. The van der Waals surface area contributed by atoms with Crippen molar-refractivity contribution in [2.45, 2.75) is 18.9 Å². The molecule has 114 valence electrons. The summed E-state index contributed by atoms with van der Waals surface area (Å²) in [5.74, 6) is 0.307. The quantitative estimate of drug-likeness (QED) is 0.940. The van der Waals surface area contributed by atoms with Gasteiger partial charge in [0.05, 0.1) is 0 Å². The molecule has 1 N–H and O–H groups in total. The summed E-state index contributed by atoms with van der Waals surface area (Å²) in [6.45, 7) is 0.488. The lowest BCUT2D eigenvalue weighted by Crippen LogP contribution is -2.38. The van der Waals surface area contributed by atoms with Crippen LogP contribution in [0.2, 0.25) is 5.02 Å². The number of amides is 1. The maximum absolute atomic E-state index is 12.8. The molecule has 0 aromatic heterocycles. The number of benzene rings is 2. The van der Waals surface area contributed by atoms with Crippen LogP contribution >= 0.6 is 11.6 Å². The van der Waals surface area contributed by atoms with Gasteiger partial charge in [-0.05, 0) is 47.9 Å². The lowest BCUT2D eigenvalue weighted by atomic mass is 10.1. The Morgan fingerprint density at radius 1 is 1.27 bits per heavy atom. The van der Waals surface area contributed by atoms with Gasteiger partial charge in [-0.15, -0.1) is 0 Å². The number of halogens is 2. The van der Waals surface area contributed by atoms with E-state index in [2.05, 4.69) is 5.32 Å². The predicted molar refractivity (Wildman–Crippen MR) is 82.7 cm³/mol. The fraction of sp³-hybridized carbons (Fsp3) is 0.235. The largest absolute Gasteiger partial charge is 0.480 e. The third-order valence-corrected chi connectivity index (χ3v) is 3.85. The Bertz CT molecular complexity index is 688. The van der Waals surface area contributed by atoms with E-state index in [1.54, 1.807) is 24.3 Å². The van der Waals surface area contributed by atoms with E-state index >= 15 is 0 Å². The van der Waals surface area contributed by atoms with Gasteiger partial charge in [0.25, 0.3) is 5.91 Å². The lowest BCUT2D eigenvalue weighted by Gasteiger charge is -2.11. The van der Waals surface area contributed by atoms with Crippen molar-refractivity contribution >= 4 is 17.5 Å². The molecule has 1 aliphatic rings. The van der Waals surface area contributed by atoms with Crippen LogP contribution in [0.15, 0.2) is 42.5 Å². The zero-order valence-corrected chi connectivity index (χ0v) is 12.6. The Labute approximate surface area is 133 Å². The normalized spacial score (nSPS) is 16.0. The molecule has 1 amide bonds. The van der Waals surface area contributed by atoms with Crippen molar-refractivity contribution in [2.24, 2.45) is 0 Å². The second-order valence-corrected chi connectivity index (χ2v) is 5.67. The maximum Gasteiger partial charge on any atom is 0.261 e. The summed E-state index contributed by atoms with van der Waals surface area (Å²) in [6, 6.07) is 11.6. The molecule has 1 heterocycles. The van der Waals surface area contributed by atoms with Gasteiger partial charge in [0, 0.05) is 18.0 Å². The molecule has 2 aromatic carbocycles. The van der Waals surface area contributed by atoms with E-state index in [9.17, 15) is 9.18 Å². The van der Waals surface area contributed by atoms with E-state index in [1.165, 1.54) is 12.1 Å². The maximum atomic E-state index is 12.8. The Balaban J connectivity index is 1.50. The monoisotopic (exact) mass is 319 g/mol. The molecule has 0 saturated heterocycles. The third-order valence-electron chi connectivity index (χ3n) is 3.62. The summed E-state index contributed by atoms with van der Waals surface area (Å²) >= 11 is 5.93. The Morgan fingerprint density at radius 2 is 2.05 bits per heavy atom. The summed E-state index contributed by atoms with van der Waals surface area (Å²) in [4.78, 5) is 12.1. The molecule has 1 atom stereocenters. The van der Waals surface area contributed by atoms with Crippen molar-refractivity contribution in [3.05, 3.63) is 64.4 Å². The van der Waals surface area contributed by atoms with E-state index in [0.717, 1.165) is 11.1 Å². The number of ether oxygens (including phenoxy) is 1. The van der Waals surface area contributed by atoms with Crippen LogP contribution in [0, 0.1) is 5.82 Å². The van der Waals surface area contributed by atoms with E-state index in [1.807, 2.05) is 6.07 Å². The molecule has 1 unspecified atom stereocenters. The molecule has 0 bridgehead atoms. The SMILES string of the molecule is O=C(NCCc1ccc(F)cc1)C1Cc2cc(Cl)ccc2O1. The summed E-state index contributed by atoms with van der Waals surface area (Å²) in [6.07, 6.45) is 0.664. The second kappa shape index (κ2) is 6.36. The number of hydrogen-bond acceptors (Lipinski definition) is 2. The van der Waals surface area contributed by atoms with Crippen LogP contribution in [0.1, 0.15) is 11.1 Å². The molecule has 2 aromatic rings. The number of hydrogen-bond donors (Lipinski definition) is 1. The standard InChI is InChI=1S/C17H15ClFNO2/c18-13-3-6-15-12(9-13)10-16(22-15)17(21)20-8-7-11-1-4-14(19)5-2-11/h1-6,9,16H,7-8,10H2,(H,20,21). The van der Waals surface area contributed by atoms with Gasteiger partial charge in [-0.2, -0.15) is 0 Å². The molecule has 0 spiro atoms. The molecule has 1 aliphatic heterocycles. The molecule has 0 radical (unpaired) electrons.